The molecular weight excluding hydrogens is 184 g/mol. The van der Waals surface area contributed by atoms with E-state index in [-0.39, 0.29) is 11.6 Å². The molecule has 0 bridgehead atoms. The number of carbonyl (C=O) groups is 2. The van der Waals surface area contributed by atoms with Gasteiger partial charge in [-0.2, -0.15) is 0 Å². The van der Waals surface area contributed by atoms with E-state index in [9.17, 15) is 9.59 Å². The molecule has 0 atom stereocenters. The first-order chi connectivity index (χ1) is 6.61. The molecule has 1 aromatic rings. The fourth-order valence-corrected chi connectivity index (χ4v) is 1.65. The molecule has 74 valence electrons. The second-order valence-corrected chi connectivity index (χ2v) is 3.35. The van der Waals surface area contributed by atoms with Crippen molar-refractivity contribution in [3.63, 3.8) is 0 Å². The number of hydrogen-bond acceptors (Lipinski definition) is 2. The molecule has 2 heterocycles. The number of aromatic nitrogens is 1. The van der Waals surface area contributed by atoms with Gasteiger partial charge in [-0.25, -0.2) is 4.79 Å². The number of rotatable bonds is 1. The van der Waals surface area contributed by atoms with Gasteiger partial charge >= 0.3 is 5.97 Å². The molecule has 0 unspecified atom stereocenters. The number of nitrogens with zero attached hydrogens (tertiary/aromatic N) is 1. The molecule has 0 aliphatic carbocycles. The molecular formula is C9H10N2O3. The number of carboxylic acid groups (broad SMARTS) is 1. The number of carboxylic acids is 1. The number of H-pyrrole nitrogens is 1. The van der Waals surface area contributed by atoms with Gasteiger partial charge < -0.3 is 15.0 Å². The van der Waals surface area contributed by atoms with Crippen LogP contribution >= 0.6 is 0 Å². The summed E-state index contributed by atoms with van der Waals surface area (Å²) in [7, 11) is 1.67. The lowest BCUT2D eigenvalue weighted by molar-refractivity contribution is 0.0674. The predicted octanol–water partition coefficient (Wildman–Crippen LogP) is 0.341. The quantitative estimate of drug-likeness (QED) is 0.677. The standard InChI is InChI=1S/C9H10N2O3/c1-11-3-2-5-4-10-7(9(13)14)6(5)8(11)12/h4,10H,2-3H2,1H3,(H,13,14). The third-order valence-electron chi connectivity index (χ3n) is 2.45. The Hall–Kier alpha value is -1.78. The van der Waals surface area contributed by atoms with Crippen molar-refractivity contribution in [2.75, 3.05) is 13.6 Å². The van der Waals surface area contributed by atoms with Gasteiger partial charge in [0.2, 0.25) is 0 Å². The summed E-state index contributed by atoms with van der Waals surface area (Å²) in [5.41, 5.74) is 1.10. The van der Waals surface area contributed by atoms with Crippen molar-refractivity contribution < 1.29 is 14.7 Å². The second kappa shape index (κ2) is 2.87. The number of aromatic carboxylic acids is 1. The van der Waals surface area contributed by atoms with Crippen molar-refractivity contribution in [3.05, 3.63) is 23.0 Å². The summed E-state index contributed by atoms with van der Waals surface area (Å²) in [6.45, 7) is 0.642. The maximum Gasteiger partial charge on any atom is 0.353 e. The van der Waals surface area contributed by atoms with Crippen LogP contribution in [0.2, 0.25) is 0 Å². The Kier molecular flexibility index (Phi) is 1.80. The summed E-state index contributed by atoms with van der Waals surface area (Å²) < 4.78 is 0. The summed E-state index contributed by atoms with van der Waals surface area (Å²) in [6.07, 6.45) is 2.31. The Morgan fingerprint density at radius 3 is 3.00 bits per heavy atom. The van der Waals surface area contributed by atoms with E-state index in [1.807, 2.05) is 0 Å². The van der Waals surface area contributed by atoms with Gasteiger partial charge in [-0.15, -0.1) is 0 Å². The van der Waals surface area contributed by atoms with Crippen molar-refractivity contribution in [1.29, 1.82) is 0 Å². The Morgan fingerprint density at radius 2 is 2.36 bits per heavy atom. The number of nitrogens with one attached hydrogen (secondary N) is 1. The van der Waals surface area contributed by atoms with Crippen LogP contribution in [-0.2, 0) is 6.42 Å². The molecule has 0 fully saturated rings. The lowest BCUT2D eigenvalue weighted by atomic mass is 10.0. The number of aromatic amines is 1. The number of carbonyl (C=O) groups excluding carboxylic acids is 1. The van der Waals surface area contributed by atoms with E-state index in [0.717, 1.165) is 5.56 Å². The molecule has 0 spiro atoms. The van der Waals surface area contributed by atoms with Crippen LogP contribution in [0, 0.1) is 0 Å². The van der Waals surface area contributed by atoms with Crippen LogP contribution in [0.15, 0.2) is 6.20 Å². The second-order valence-electron chi connectivity index (χ2n) is 3.35. The van der Waals surface area contributed by atoms with Gasteiger partial charge in [0.15, 0.2) is 0 Å². The Balaban J connectivity index is 2.55. The average Bonchev–Trinajstić information content (AvgIpc) is 2.55. The minimum absolute atomic E-state index is 0.00319. The van der Waals surface area contributed by atoms with Gasteiger partial charge in [-0.3, -0.25) is 4.79 Å². The minimum Gasteiger partial charge on any atom is -0.477 e. The number of fused-ring (bicyclic) bond motifs is 1. The zero-order valence-corrected chi connectivity index (χ0v) is 7.70. The molecule has 0 saturated heterocycles. The van der Waals surface area contributed by atoms with E-state index in [0.29, 0.717) is 18.5 Å². The Morgan fingerprint density at radius 1 is 1.64 bits per heavy atom. The average molecular weight is 194 g/mol. The lowest BCUT2D eigenvalue weighted by Gasteiger charge is -2.22. The monoisotopic (exact) mass is 194 g/mol. The topological polar surface area (TPSA) is 73.4 Å². The van der Waals surface area contributed by atoms with Gasteiger partial charge in [-0.05, 0) is 12.0 Å². The van der Waals surface area contributed by atoms with Gasteiger partial charge in [-0.1, -0.05) is 0 Å². The van der Waals surface area contributed by atoms with Crippen molar-refractivity contribution in [1.82, 2.24) is 9.88 Å². The zero-order chi connectivity index (χ0) is 10.3. The van der Waals surface area contributed by atoms with Gasteiger partial charge in [0.25, 0.3) is 5.91 Å². The molecule has 2 N–H and O–H groups in total. The fourth-order valence-electron chi connectivity index (χ4n) is 1.65. The molecule has 1 aliphatic rings. The van der Waals surface area contributed by atoms with Crippen molar-refractivity contribution in [3.8, 4) is 0 Å². The third kappa shape index (κ3) is 1.09. The van der Waals surface area contributed by atoms with E-state index in [2.05, 4.69) is 4.98 Å². The highest BCUT2D eigenvalue weighted by Crippen LogP contribution is 2.21. The Labute approximate surface area is 80.3 Å². The van der Waals surface area contributed by atoms with E-state index in [1.165, 1.54) is 4.90 Å². The summed E-state index contributed by atoms with van der Waals surface area (Å²) >= 11 is 0. The smallest absolute Gasteiger partial charge is 0.353 e. The van der Waals surface area contributed by atoms with Gasteiger partial charge in [0.05, 0.1) is 5.56 Å². The molecule has 0 radical (unpaired) electrons. The first-order valence-corrected chi connectivity index (χ1v) is 4.30. The first-order valence-electron chi connectivity index (χ1n) is 4.30. The van der Waals surface area contributed by atoms with Crippen LogP contribution in [0.25, 0.3) is 0 Å². The normalized spacial score (nSPS) is 15.5. The maximum absolute atomic E-state index is 11.6. The van der Waals surface area contributed by atoms with Gasteiger partial charge in [0, 0.05) is 19.8 Å². The molecule has 0 saturated carbocycles. The van der Waals surface area contributed by atoms with Crippen LogP contribution in [0.1, 0.15) is 26.4 Å². The van der Waals surface area contributed by atoms with E-state index < -0.39 is 5.97 Å². The molecule has 1 aliphatic heterocycles. The van der Waals surface area contributed by atoms with Crippen LogP contribution in [0.5, 0.6) is 0 Å². The fraction of sp³-hybridized carbons (Fsp3) is 0.333. The molecule has 5 nitrogen and oxygen atoms in total. The predicted molar refractivity (Wildman–Crippen MR) is 48.4 cm³/mol. The highest BCUT2D eigenvalue weighted by atomic mass is 16.4. The number of hydrogen-bond donors (Lipinski definition) is 2. The van der Waals surface area contributed by atoms with E-state index in [1.54, 1.807) is 13.2 Å². The molecule has 0 aromatic carbocycles. The van der Waals surface area contributed by atoms with Crippen LogP contribution in [0.4, 0.5) is 0 Å². The molecule has 1 amide bonds. The van der Waals surface area contributed by atoms with Crippen molar-refractivity contribution >= 4 is 11.9 Å². The molecule has 2 rings (SSSR count). The third-order valence-corrected chi connectivity index (χ3v) is 2.45. The largest absolute Gasteiger partial charge is 0.477 e. The van der Waals surface area contributed by atoms with E-state index >= 15 is 0 Å². The highest BCUT2D eigenvalue weighted by molar-refractivity contribution is 6.05. The van der Waals surface area contributed by atoms with Crippen LogP contribution in [-0.4, -0.2) is 40.5 Å². The van der Waals surface area contributed by atoms with Crippen molar-refractivity contribution in [2.45, 2.75) is 6.42 Å². The Bertz CT molecular complexity index is 408. The SMILES string of the molecule is CN1CCc2c[nH]c(C(=O)O)c2C1=O. The van der Waals surface area contributed by atoms with E-state index in [4.69, 9.17) is 5.11 Å². The minimum atomic E-state index is -1.09. The first kappa shape index (κ1) is 8.80. The molecule has 14 heavy (non-hydrogen) atoms. The van der Waals surface area contributed by atoms with Crippen LogP contribution in [0.3, 0.4) is 0 Å². The summed E-state index contributed by atoms with van der Waals surface area (Å²) in [4.78, 5) is 26.6. The lowest BCUT2D eigenvalue weighted by Crippen LogP contribution is -2.34. The summed E-state index contributed by atoms with van der Waals surface area (Å²) in [5, 5.41) is 8.83. The van der Waals surface area contributed by atoms with Crippen LogP contribution < -0.4 is 0 Å². The maximum atomic E-state index is 11.6. The molecule has 1 aromatic heterocycles. The zero-order valence-electron chi connectivity index (χ0n) is 7.70. The number of amides is 1. The highest BCUT2D eigenvalue weighted by Gasteiger charge is 2.28. The summed E-state index contributed by atoms with van der Waals surface area (Å²) in [6, 6.07) is 0. The van der Waals surface area contributed by atoms with Crippen molar-refractivity contribution in [2.24, 2.45) is 0 Å². The molecule has 5 heteroatoms. The van der Waals surface area contributed by atoms with Gasteiger partial charge in [0.1, 0.15) is 5.69 Å². The number of likely N-dealkylation sites (N-methyl/N-ethyl adjacent to an activating group) is 1. The summed E-state index contributed by atoms with van der Waals surface area (Å²) in [5.74, 6) is -1.31.